The molecule has 1 aliphatic carbocycles. The van der Waals surface area contributed by atoms with Crippen molar-refractivity contribution >= 4 is 17.6 Å². The molecule has 0 aliphatic heterocycles. The zero-order valence-corrected chi connectivity index (χ0v) is 16.9. The van der Waals surface area contributed by atoms with Crippen LogP contribution in [0.25, 0.3) is 5.95 Å². The molecule has 0 radical (unpaired) electrons. The third kappa shape index (κ3) is 4.76. The highest BCUT2D eigenvalue weighted by molar-refractivity contribution is 6.39. The van der Waals surface area contributed by atoms with Crippen LogP contribution in [0.4, 0.5) is 19.0 Å². The number of halogens is 3. The summed E-state index contributed by atoms with van der Waals surface area (Å²) in [6.07, 6.45) is 0.0153. The maximum atomic E-state index is 13.1. The number of carbonyl (C=O) groups excluding carboxylic acids is 2. The molecule has 1 saturated carbocycles. The van der Waals surface area contributed by atoms with Crippen molar-refractivity contribution in [3.63, 3.8) is 0 Å². The summed E-state index contributed by atoms with van der Waals surface area (Å²) in [5.41, 5.74) is 0.0663. The minimum Gasteiger partial charge on any atom is -0.341 e. The first kappa shape index (κ1) is 21.5. The molecule has 0 bridgehead atoms. The summed E-state index contributed by atoms with van der Waals surface area (Å²) in [6, 6.07) is 7.26. The van der Waals surface area contributed by atoms with Gasteiger partial charge in [0, 0.05) is 18.5 Å². The zero-order valence-electron chi connectivity index (χ0n) is 16.9. The van der Waals surface area contributed by atoms with E-state index in [0.717, 1.165) is 25.0 Å². The molecule has 1 aromatic carbocycles. The Bertz CT molecular complexity index is 1140. The fourth-order valence-corrected chi connectivity index (χ4v) is 3.33. The molecule has 1 atom stereocenters. The maximum absolute atomic E-state index is 13.1. The Hall–Kier alpha value is -3.76. The van der Waals surface area contributed by atoms with Crippen LogP contribution >= 0.6 is 0 Å². The van der Waals surface area contributed by atoms with Crippen LogP contribution in [0.3, 0.4) is 0 Å². The molecule has 11 heteroatoms. The topological polar surface area (TPSA) is 102 Å². The molecule has 0 saturated heterocycles. The number of benzene rings is 1. The third-order valence-electron chi connectivity index (χ3n) is 4.97. The molecule has 32 heavy (non-hydrogen) atoms. The van der Waals surface area contributed by atoms with E-state index < -0.39 is 29.6 Å². The van der Waals surface area contributed by atoms with Crippen LogP contribution in [0.1, 0.15) is 35.7 Å². The van der Waals surface area contributed by atoms with E-state index in [2.05, 4.69) is 25.7 Å². The Morgan fingerprint density at radius 2 is 1.81 bits per heavy atom. The normalized spacial score (nSPS) is 14.6. The van der Waals surface area contributed by atoms with Gasteiger partial charge in [0.15, 0.2) is 0 Å². The molecule has 2 heterocycles. The molecule has 0 unspecified atom stereocenters. The van der Waals surface area contributed by atoms with Crippen LogP contribution in [-0.4, -0.2) is 31.6 Å². The Kier molecular flexibility index (Phi) is 5.64. The van der Waals surface area contributed by atoms with E-state index >= 15 is 0 Å². The molecular formula is C21H19F3N6O2. The van der Waals surface area contributed by atoms with Crippen molar-refractivity contribution in [1.82, 2.24) is 25.1 Å². The predicted octanol–water partition coefficient (Wildman–Crippen LogP) is 3.20. The summed E-state index contributed by atoms with van der Waals surface area (Å²) < 4.78 is 40.6. The van der Waals surface area contributed by atoms with E-state index in [4.69, 9.17) is 0 Å². The van der Waals surface area contributed by atoms with Crippen LogP contribution in [-0.2, 0) is 15.8 Å². The van der Waals surface area contributed by atoms with Crippen LogP contribution in [0.2, 0.25) is 0 Å². The monoisotopic (exact) mass is 444 g/mol. The molecule has 166 valence electrons. The van der Waals surface area contributed by atoms with Gasteiger partial charge in [-0.15, -0.1) is 0 Å². The van der Waals surface area contributed by atoms with Gasteiger partial charge in [-0.05, 0) is 49.4 Å². The second-order valence-electron chi connectivity index (χ2n) is 7.50. The van der Waals surface area contributed by atoms with Gasteiger partial charge in [-0.25, -0.2) is 9.97 Å². The Morgan fingerprint density at radius 1 is 1.09 bits per heavy atom. The van der Waals surface area contributed by atoms with Gasteiger partial charge in [0.25, 0.3) is 5.95 Å². The number of hydrogen-bond donors (Lipinski definition) is 2. The van der Waals surface area contributed by atoms with Gasteiger partial charge < -0.3 is 10.6 Å². The van der Waals surface area contributed by atoms with Crippen molar-refractivity contribution in [1.29, 1.82) is 0 Å². The lowest BCUT2D eigenvalue weighted by Crippen LogP contribution is -2.39. The van der Waals surface area contributed by atoms with Gasteiger partial charge in [-0.3, -0.25) is 9.59 Å². The van der Waals surface area contributed by atoms with Crippen molar-refractivity contribution < 1.29 is 22.8 Å². The number of nitrogens with one attached hydrogen (secondary N) is 2. The van der Waals surface area contributed by atoms with E-state index in [1.165, 1.54) is 29.2 Å². The lowest BCUT2D eigenvalue weighted by atomic mass is 9.99. The van der Waals surface area contributed by atoms with Crippen molar-refractivity contribution in [3.8, 4) is 5.95 Å². The molecule has 2 amide bonds. The van der Waals surface area contributed by atoms with Gasteiger partial charge in [0.1, 0.15) is 5.82 Å². The maximum Gasteiger partial charge on any atom is 0.416 e. The first-order chi connectivity index (χ1) is 15.2. The molecule has 4 rings (SSSR count). The number of aromatic nitrogens is 4. The average Bonchev–Trinajstić information content (AvgIpc) is 3.54. The lowest BCUT2D eigenvalue weighted by Gasteiger charge is -2.20. The van der Waals surface area contributed by atoms with Crippen LogP contribution in [0.5, 0.6) is 0 Å². The SMILES string of the molecule is Cc1cc(NC(=O)C(=O)N[C@H](c2cccc(C(F)(F)F)c2)C2CC2)n(-c2ncccn2)n1. The number of anilines is 1. The summed E-state index contributed by atoms with van der Waals surface area (Å²) in [6.45, 7) is 1.70. The number of aryl methyl sites for hydroxylation is 1. The van der Waals surface area contributed by atoms with Gasteiger partial charge in [-0.2, -0.15) is 23.0 Å². The van der Waals surface area contributed by atoms with Crippen LogP contribution in [0.15, 0.2) is 48.8 Å². The number of rotatable bonds is 5. The van der Waals surface area contributed by atoms with Crippen molar-refractivity contribution in [2.24, 2.45) is 5.92 Å². The second kappa shape index (κ2) is 8.40. The zero-order chi connectivity index (χ0) is 22.9. The number of hydrogen-bond acceptors (Lipinski definition) is 5. The van der Waals surface area contributed by atoms with E-state index in [-0.39, 0.29) is 17.7 Å². The molecule has 0 spiro atoms. The Balaban J connectivity index is 1.51. The number of carbonyl (C=O) groups is 2. The average molecular weight is 444 g/mol. The summed E-state index contributed by atoms with van der Waals surface area (Å²) >= 11 is 0. The van der Waals surface area contributed by atoms with E-state index in [1.54, 1.807) is 19.1 Å². The van der Waals surface area contributed by atoms with Gasteiger partial charge in [0.05, 0.1) is 17.3 Å². The second-order valence-corrected chi connectivity index (χ2v) is 7.50. The van der Waals surface area contributed by atoms with Gasteiger partial charge in [0.2, 0.25) is 0 Å². The highest BCUT2D eigenvalue weighted by Gasteiger charge is 2.37. The summed E-state index contributed by atoms with van der Waals surface area (Å²) in [7, 11) is 0. The van der Waals surface area contributed by atoms with Crippen molar-refractivity contribution in [2.75, 3.05) is 5.32 Å². The summed E-state index contributed by atoms with van der Waals surface area (Å²) in [4.78, 5) is 33.3. The minimum absolute atomic E-state index is 0.0271. The smallest absolute Gasteiger partial charge is 0.341 e. The van der Waals surface area contributed by atoms with Crippen LogP contribution in [0, 0.1) is 12.8 Å². The molecule has 3 aromatic rings. The Labute approximate surface area is 180 Å². The van der Waals surface area contributed by atoms with Crippen molar-refractivity contribution in [2.45, 2.75) is 32.0 Å². The van der Waals surface area contributed by atoms with E-state index in [1.807, 2.05) is 0 Å². The molecule has 8 nitrogen and oxygen atoms in total. The summed E-state index contributed by atoms with van der Waals surface area (Å²) in [5.74, 6) is -1.56. The molecule has 1 aliphatic rings. The quantitative estimate of drug-likeness (QED) is 0.589. The molecule has 1 fully saturated rings. The highest BCUT2D eigenvalue weighted by atomic mass is 19.4. The number of amides is 2. The fraction of sp³-hybridized carbons (Fsp3) is 0.286. The molecule has 2 N–H and O–H groups in total. The largest absolute Gasteiger partial charge is 0.416 e. The molecular weight excluding hydrogens is 425 g/mol. The van der Waals surface area contributed by atoms with Gasteiger partial charge >= 0.3 is 18.0 Å². The lowest BCUT2D eigenvalue weighted by molar-refractivity contribution is -0.137. The minimum atomic E-state index is -4.50. The van der Waals surface area contributed by atoms with Gasteiger partial charge in [-0.1, -0.05) is 12.1 Å². The molecule has 2 aromatic heterocycles. The number of alkyl halides is 3. The summed E-state index contributed by atoms with van der Waals surface area (Å²) in [5, 5.41) is 9.26. The van der Waals surface area contributed by atoms with Crippen LogP contribution < -0.4 is 10.6 Å². The highest BCUT2D eigenvalue weighted by Crippen LogP contribution is 2.42. The predicted molar refractivity (Wildman–Crippen MR) is 108 cm³/mol. The van der Waals surface area contributed by atoms with E-state index in [0.29, 0.717) is 11.3 Å². The van der Waals surface area contributed by atoms with Crippen molar-refractivity contribution in [3.05, 3.63) is 65.6 Å². The standard InChI is InChI=1S/C21H19F3N6O2/c1-12-10-16(30(29-12)20-25-8-3-9-26-20)27-18(31)19(32)28-17(13-6-7-13)14-4-2-5-15(11-14)21(22,23)24/h2-5,8-11,13,17H,6-7H2,1H3,(H,27,31)(H,28,32)/t17-/m0/s1. The fourth-order valence-electron chi connectivity index (χ4n) is 3.33. The third-order valence-corrected chi connectivity index (χ3v) is 4.97. The first-order valence-electron chi connectivity index (χ1n) is 9.85. The number of nitrogens with zero attached hydrogens (tertiary/aromatic N) is 4. The van der Waals surface area contributed by atoms with E-state index in [9.17, 15) is 22.8 Å². The Morgan fingerprint density at radius 3 is 2.47 bits per heavy atom. The first-order valence-corrected chi connectivity index (χ1v) is 9.85.